The molecule has 0 aliphatic rings. The zero-order valence-electron chi connectivity index (χ0n) is 11.8. The molecule has 110 valence electrons. The second-order valence-electron chi connectivity index (χ2n) is 4.93. The van der Waals surface area contributed by atoms with Gasteiger partial charge in [0.15, 0.2) is 0 Å². The molecule has 3 nitrogen and oxygen atoms in total. The highest BCUT2D eigenvalue weighted by atomic mass is 35.5. The number of primary amides is 1. The topological polar surface area (TPSA) is 52.3 Å². The third kappa shape index (κ3) is 2.90. The zero-order chi connectivity index (χ0) is 15.5. The first kappa shape index (κ1) is 14.4. The van der Waals surface area contributed by atoms with Crippen molar-refractivity contribution in [1.29, 1.82) is 0 Å². The van der Waals surface area contributed by atoms with Crippen LogP contribution in [0.3, 0.4) is 0 Å². The fourth-order valence-electron chi connectivity index (χ4n) is 2.39. The summed E-state index contributed by atoms with van der Waals surface area (Å²) in [6.45, 7) is 0.350. The molecule has 0 atom stereocenters. The predicted molar refractivity (Wildman–Crippen MR) is 88.2 cm³/mol. The van der Waals surface area contributed by atoms with Gasteiger partial charge in [-0.1, -0.05) is 54.1 Å². The third-order valence-electron chi connectivity index (χ3n) is 3.47. The van der Waals surface area contributed by atoms with E-state index < -0.39 is 5.91 Å². The number of ether oxygens (including phenoxy) is 1. The van der Waals surface area contributed by atoms with Crippen LogP contribution in [-0.4, -0.2) is 5.91 Å². The summed E-state index contributed by atoms with van der Waals surface area (Å²) in [6.07, 6.45) is 0. The Bertz CT molecular complexity index is 840. The minimum atomic E-state index is -0.560. The number of benzene rings is 3. The van der Waals surface area contributed by atoms with Gasteiger partial charge in [0.1, 0.15) is 12.4 Å². The lowest BCUT2D eigenvalue weighted by Crippen LogP contribution is -2.13. The van der Waals surface area contributed by atoms with E-state index >= 15 is 0 Å². The third-order valence-corrected chi connectivity index (χ3v) is 3.71. The minimum absolute atomic E-state index is 0.285. The van der Waals surface area contributed by atoms with Crippen LogP contribution in [0.5, 0.6) is 5.75 Å². The van der Waals surface area contributed by atoms with Crippen LogP contribution in [0.15, 0.2) is 60.7 Å². The zero-order valence-corrected chi connectivity index (χ0v) is 12.5. The molecule has 0 heterocycles. The molecular weight excluding hydrogens is 298 g/mol. The first-order valence-electron chi connectivity index (χ1n) is 6.84. The molecular formula is C18H14ClNO2. The van der Waals surface area contributed by atoms with Gasteiger partial charge in [-0.2, -0.15) is 0 Å². The van der Waals surface area contributed by atoms with E-state index in [-0.39, 0.29) is 5.56 Å². The van der Waals surface area contributed by atoms with E-state index in [1.54, 1.807) is 12.1 Å². The van der Waals surface area contributed by atoms with Crippen LogP contribution < -0.4 is 10.5 Å². The van der Waals surface area contributed by atoms with Gasteiger partial charge >= 0.3 is 0 Å². The number of rotatable bonds is 4. The molecule has 0 fully saturated rings. The molecule has 0 radical (unpaired) electrons. The van der Waals surface area contributed by atoms with Gasteiger partial charge in [0.25, 0.3) is 5.91 Å². The summed E-state index contributed by atoms with van der Waals surface area (Å²) in [6, 6.07) is 19.0. The molecule has 2 N–H and O–H groups in total. The van der Waals surface area contributed by atoms with Gasteiger partial charge in [0.05, 0.1) is 5.56 Å². The van der Waals surface area contributed by atoms with Crippen LogP contribution in [0.4, 0.5) is 0 Å². The van der Waals surface area contributed by atoms with Crippen molar-refractivity contribution in [2.24, 2.45) is 5.73 Å². The summed E-state index contributed by atoms with van der Waals surface area (Å²) < 4.78 is 5.79. The molecule has 3 aromatic carbocycles. The molecule has 0 aliphatic heterocycles. The Morgan fingerprint density at radius 3 is 2.64 bits per heavy atom. The highest BCUT2D eigenvalue weighted by molar-refractivity contribution is 6.31. The lowest BCUT2D eigenvalue weighted by atomic mass is 10.1. The molecule has 1 amide bonds. The van der Waals surface area contributed by atoms with Crippen molar-refractivity contribution in [3.63, 3.8) is 0 Å². The summed E-state index contributed by atoms with van der Waals surface area (Å²) >= 11 is 5.89. The summed E-state index contributed by atoms with van der Waals surface area (Å²) in [7, 11) is 0. The minimum Gasteiger partial charge on any atom is -0.488 e. The van der Waals surface area contributed by atoms with E-state index in [1.165, 1.54) is 6.07 Å². The smallest absolute Gasteiger partial charge is 0.252 e. The molecule has 0 aromatic heterocycles. The van der Waals surface area contributed by atoms with Crippen LogP contribution in [0.1, 0.15) is 15.9 Å². The van der Waals surface area contributed by atoms with Crippen LogP contribution in [0.2, 0.25) is 5.02 Å². The van der Waals surface area contributed by atoms with E-state index in [9.17, 15) is 4.79 Å². The average Bonchev–Trinajstić information content (AvgIpc) is 2.53. The quantitative estimate of drug-likeness (QED) is 0.786. The fourth-order valence-corrected chi connectivity index (χ4v) is 2.57. The van der Waals surface area contributed by atoms with Crippen molar-refractivity contribution in [3.05, 3.63) is 76.8 Å². The molecule has 0 spiro atoms. The van der Waals surface area contributed by atoms with Crippen molar-refractivity contribution >= 4 is 28.3 Å². The molecule has 3 rings (SSSR count). The number of nitrogens with two attached hydrogens (primary N) is 1. The Morgan fingerprint density at radius 2 is 1.82 bits per heavy atom. The lowest BCUT2D eigenvalue weighted by molar-refractivity contribution is 0.0996. The van der Waals surface area contributed by atoms with Crippen molar-refractivity contribution < 1.29 is 9.53 Å². The molecule has 4 heteroatoms. The molecule has 22 heavy (non-hydrogen) atoms. The molecule has 0 saturated heterocycles. The Morgan fingerprint density at radius 1 is 1.05 bits per heavy atom. The standard InChI is InChI=1S/C18H14ClNO2/c19-14-8-9-17(16(10-14)18(20)21)22-11-13-6-3-5-12-4-1-2-7-15(12)13/h1-10H,11H2,(H2,20,21). The maximum Gasteiger partial charge on any atom is 0.252 e. The average molecular weight is 312 g/mol. The van der Waals surface area contributed by atoms with Crippen LogP contribution in [0.25, 0.3) is 10.8 Å². The number of halogens is 1. The number of carbonyl (C=O) groups is 1. The first-order chi connectivity index (χ1) is 10.6. The van der Waals surface area contributed by atoms with Gasteiger partial charge in [-0.3, -0.25) is 4.79 Å². The van der Waals surface area contributed by atoms with Crippen molar-refractivity contribution in [1.82, 2.24) is 0 Å². The summed E-state index contributed by atoms with van der Waals surface area (Å²) in [5.41, 5.74) is 6.70. The summed E-state index contributed by atoms with van der Waals surface area (Å²) in [5, 5.41) is 2.72. The predicted octanol–water partition coefficient (Wildman–Crippen LogP) is 4.17. The Balaban J connectivity index is 1.90. The summed E-state index contributed by atoms with van der Waals surface area (Å²) in [4.78, 5) is 11.5. The van der Waals surface area contributed by atoms with Crippen molar-refractivity contribution in [3.8, 4) is 5.75 Å². The van der Waals surface area contributed by atoms with E-state index in [2.05, 4.69) is 12.1 Å². The first-order valence-corrected chi connectivity index (χ1v) is 7.22. The van der Waals surface area contributed by atoms with E-state index in [0.717, 1.165) is 16.3 Å². The second-order valence-corrected chi connectivity index (χ2v) is 5.37. The highest BCUT2D eigenvalue weighted by Crippen LogP contribution is 2.25. The molecule has 0 saturated carbocycles. The number of carbonyl (C=O) groups excluding carboxylic acids is 1. The number of hydrogen-bond acceptors (Lipinski definition) is 2. The van der Waals surface area contributed by atoms with E-state index in [4.69, 9.17) is 22.1 Å². The SMILES string of the molecule is NC(=O)c1cc(Cl)ccc1OCc1cccc2ccccc12. The van der Waals surface area contributed by atoms with Gasteiger partial charge in [-0.25, -0.2) is 0 Å². The number of hydrogen-bond donors (Lipinski definition) is 1. The maximum atomic E-state index is 11.5. The van der Waals surface area contributed by atoms with Crippen molar-refractivity contribution in [2.45, 2.75) is 6.61 Å². The Kier molecular flexibility index (Phi) is 3.98. The summed E-state index contributed by atoms with van der Waals surface area (Å²) in [5.74, 6) is -0.125. The Hall–Kier alpha value is -2.52. The van der Waals surface area contributed by atoms with Gasteiger partial charge in [0, 0.05) is 5.02 Å². The van der Waals surface area contributed by atoms with Crippen LogP contribution in [0, 0.1) is 0 Å². The largest absolute Gasteiger partial charge is 0.488 e. The molecule has 0 unspecified atom stereocenters. The van der Waals surface area contributed by atoms with Gasteiger partial charge in [-0.15, -0.1) is 0 Å². The van der Waals surface area contributed by atoms with Crippen LogP contribution in [-0.2, 0) is 6.61 Å². The fraction of sp³-hybridized carbons (Fsp3) is 0.0556. The number of amides is 1. The van der Waals surface area contributed by atoms with Gasteiger partial charge in [0.2, 0.25) is 0 Å². The van der Waals surface area contributed by atoms with Crippen LogP contribution >= 0.6 is 11.6 Å². The monoisotopic (exact) mass is 311 g/mol. The highest BCUT2D eigenvalue weighted by Gasteiger charge is 2.11. The number of fused-ring (bicyclic) bond motifs is 1. The normalized spacial score (nSPS) is 10.6. The molecule has 0 aliphatic carbocycles. The Labute approximate surface area is 133 Å². The van der Waals surface area contributed by atoms with E-state index in [1.807, 2.05) is 30.3 Å². The van der Waals surface area contributed by atoms with E-state index in [0.29, 0.717) is 17.4 Å². The van der Waals surface area contributed by atoms with Gasteiger partial charge < -0.3 is 10.5 Å². The van der Waals surface area contributed by atoms with Gasteiger partial charge in [-0.05, 0) is 34.5 Å². The lowest BCUT2D eigenvalue weighted by Gasteiger charge is -2.11. The maximum absolute atomic E-state index is 11.5. The molecule has 0 bridgehead atoms. The molecule has 3 aromatic rings. The second kappa shape index (κ2) is 6.08. The van der Waals surface area contributed by atoms with Crippen molar-refractivity contribution in [2.75, 3.05) is 0 Å².